The highest BCUT2D eigenvalue weighted by Gasteiger charge is 2.17. The SMILES string of the molecule is N#CC(C#N)=Cc1ccc(N2CCN(Cc3ccccc3)CC2)cc1. The average molecular weight is 328 g/mol. The molecule has 0 atom stereocenters. The third kappa shape index (κ3) is 4.47. The van der Waals surface area contributed by atoms with Crippen molar-refractivity contribution in [2.24, 2.45) is 0 Å². The summed E-state index contributed by atoms with van der Waals surface area (Å²) < 4.78 is 0. The number of allylic oxidation sites excluding steroid dienone is 1. The Labute approximate surface area is 148 Å². The topological polar surface area (TPSA) is 54.1 Å². The minimum atomic E-state index is 0.127. The van der Waals surface area contributed by atoms with E-state index in [2.05, 4.69) is 52.3 Å². The quantitative estimate of drug-likeness (QED) is 0.807. The molecular formula is C21H20N4. The molecule has 124 valence electrons. The fourth-order valence-corrected chi connectivity index (χ4v) is 3.04. The van der Waals surface area contributed by atoms with Gasteiger partial charge in [0.25, 0.3) is 0 Å². The summed E-state index contributed by atoms with van der Waals surface area (Å²) in [5.74, 6) is 0. The number of hydrogen-bond acceptors (Lipinski definition) is 4. The van der Waals surface area contributed by atoms with Crippen molar-refractivity contribution in [2.45, 2.75) is 6.54 Å². The van der Waals surface area contributed by atoms with E-state index >= 15 is 0 Å². The van der Waals surface area contributed by atoms with Gasteiger partial charge in [-0.05, 0) is 29.3 Å². The summed E-state index contributed by atoms with van der Waals surface area (Å²) in [5.41, 5.74) is 3.55. The molecule has 2 aromatic rings. The molecule has 1 fully saturated rings. The third-order valence-electron chi connectivity index (χ3n) is 4.43. The molecule has 4 heteroatoms. The van der Waals surface area contributed by atoms with Gasteiger partial charge < -0.3 is 4.90 Å². The van der Waals surface area contributed by atoms with Crippen molar-refractivity contribution in [3.8, 4) is 12.1 Å². The maximum absolute atomic E-state index is 8.82. The van der Waals surface area contributed by atoms with Gasteiger partial charge in [0.15, 0.2) is 0 Å². The second-order valence-corrected chi connectivity index (χ2v) is 6.12. The third-order valence-corrected chi connectivity index (χ3v) is 4.43. The number of benzene rings is 2. The highest BCUT2D eigenvalue weighted by Crippen LogP contribution is 2.19. The van der Waals surface area contributed by atoms with Gasteiger partial charge in [-0.1, -0.05) is 42.5 Å². The number of hydrogen-bond donors (Lipinski definition) is 0. The van der Waals surface area contributed by atoms with Crippen molar-refractivity contribution in [2.75, 3.05) is 31.1 Å². The molecule has 1 heterocycles. The van der Waals surface area contributed by atoms with Crippen LogP contribution in [-0.2, 0) is 6.54 Å². The molecule has 1 aliphatic rings. The van der Waals surface area contributed by atoms with Crippen LogP contribution in [0.1, 0.15) is 11.1 Å². The van der Waals surface area contributed by atoms with E-state index in [-0.39, 0.29) is 5.57 Å². The average Bonchev–Trinajstić information content (AvgIpc) is 2.68. The zero-order valence-corrected chi connectivity index (χ0v) is 14.1. The van der Waals surface area contributed by atoms with Gasteiger partial charge in [-0.15, -0.1) is 0 Å². The molecule has 0 aromatic heterocycles. The van der Waals surface area contributed by atoms with Gasteiger partial charge in [-0.3, -0.25) is 4.90 Å². The van der Waals surface area contributed by atoms with E-state index in [1.54, 1.807) is 6.08 Å². The lowest BCUT2D eigenvalue weighted by molar-refractivity contribution is 0.250. The van der Waals surface area contributed by atoms with Crippen LogP contribution in [0.4, 0.5) is 5.69 Å². The molecule has 0 spiro atoms. The number of anilines is 1. The molecule has 0 saturated carbocycles. The van der Waals surface area contributed by atoms with Crippen LogP contribution >= 0.6 is 0 Å². The number of rotatable bonds is 4. The van der Waals surface area contributed by atoms with Crippen LogP contribution in [0.2, 0.25) is 0 Å². The summed E-state index contributed by atoms with van der Waals surface area (Å²) in [6, 6.07) is 22.4. The summed E-state index contributed by atoms with van der Waals surface area (Å²) in [6.07, 6.45) is 1.61. The van der Waals surface area contributed by atoms with E-state index in [4.69, 9.17) is 10.5 Å². The van der Waals surface area contributed by atoms with Crippen molar-refractivity contribution < 1.29 is 0 Å². The molecular weight excluding hydrogens is 308 g/mol. The Balaban J connectivity index is 1.57. The minimum Gasteiger partial charge on any atom is -0.369 e. The summed E-state index contributed by atoms with van der Waals surface area (Å²) in [5, 5.41) is 17.6. The molecule has 0 N–H and O–H groups in total. The first kappa shape index (κ1) is 16.8. The maximum Gasteiger partial charge on any atom is 0.130 e. The molecule has 2 aromatic carbocycles. The molecule has 0 bridgehead atoms. The predicted molar refractivity (Wildman–Crippen MR) is 99.6 cm³/mol. The van der Waals surface area contributed by atoms with Crippen molar-refractivity contribution in [1.82, 2.24) is 4.90 Å². The van der Waals surface area contributed by atoms with Gasteiger partial charge in [0, 0.05) is 38.4 Å². The molecule has 0 amide bonds. The lowest BCUT2D eigenvalue weighted by Gasteiger charge is -2.36. The Bertz CT molecular complexity index is 786. The van der Waals surface area contributed by atoms with Crippen LogP contribution in [0.3, 0.4) is 0 Å². The molecule has 0 radical (unpaired) electrons. The Morgan fingerprint density at radius 3 is 2.12 bits per heavy atom. The Morgan fingerprint density at radius 1 is 0.880 bits per heavy atom. The molecule has 1 saturated heterocycles. The van der Waals surface area contributed by atoms with E-state index in [0.29, 0.717) is 0 Å². The van der Waals surface area contributed by atoms with Crippen LogP contribution in [-0.4, -0.2) is 31.1 Å². The van der Waals surface area contributed by atoms with Gasteiger partial charge >= 0.3 is 0 Å². The number of piperazine rings is 1. The normalized spacial score (nSPS) is 14.4. The lowest BCUT2D eigenvalue weighted by Crippen LogP contribution is -2.45. The summed E-state index contributed by atoms with van der Waals surface area (Å²) in [6.45, 7) is 5.10. The summed E-state index contributed by atoms with van der Waals surface area (Å²) >= 11 is 0. The van der Waals surface area contributed by atoms with Crippen molar-refractivity contribution >= 4 is 11.8 Å². The zero-order valence-electron chi connectivity index (χ0n) is 14.1. The maximum atomic E-state index is 8.82. The van der Waals surface area contributed by atoms with Gasteiger partial charge in [-0.2, -0.15) is 10.5 Å². The van der Waals surface area contributed by atoms with Crippen LogP contribution < -0.4 is 4.90 Å². The molecule has 0 unspecified atom stereocenters. The smallest absolute Gasteiger partial charge is 0.130 e. The van der Waals surface area contributed by atoms with Crippen LogP contribution in [0.5, 0.6) is 0 Å². The van der Waals surface area contributed by atoms with Gasteiger partial charge in [0.1, 0.15) is 17.7 Å². The number of nitrogens with zero attached hydrogens (tertiary/aromatic N) is 4. The lowest BCUT2D eigenvalue weighted by atomic mass is 10.1. The first-order chi connectivity index (χ1) is 12.3. The first-order valence-corrected chi connectivity index (χ1v) is 8.41. The van der Waals surface area contributed by atoms with E-state index in [9.17, 15) is 0 Å². The first-order valence-electron chi connectivity index (χ1n) is 8.41. The number of nitriles is 2. The predicted octanol–water partition coefficient (Wildman–Crippen LogP) is 3.44. The fourth-order valence-electron chi connectivity index (χ4n) is 3.04. The van der Waals surface area contributed by atoms with Gasteiger partial charge in [-0.25, -0.2) is 0 Å². The molecule has 4 nitrogen and oxygen atoms in total. The molecule has 3 rings (SSSR count). The van der Waals surface area contributed by atoms with E-state index in [1.165, 1.54) is 11.3 Å². The Kier molecular flexibility index (Phi) is 5.46. The molecule has 25 heavy (non-hydrogen) atoms. The van der Waals surface area contributed by atoms with Crippen LogP contribution in [0.25, 0.3) is 6.08 Å². The Morgan fingerprint density at radius 2 is 1.52 bits per heavy atom. The van der Waals surface area contributed by atoms with Crippen molar-refractivity contribution in [3.63, 3.8) is 0 Å². The summed E-state index contributed by atoms with van der Waals surface area (Å²) in [4.78, 5) is 4.86. The Hall–Kier alpha value is -3.08. The van der Waals surface area contributed by atoms with E-state index in [0.717, 1.165) is 38.3 Å². The minimum absolute atomic E-state index is 0.127. The monoisotopic (exact) mass is 328 g/mol. The van der Waals surface area contributed by atoms with Gasteiger partial charge in [0.05, 0.1) is 0 Å². The van der Waals surface area contributed by atoms with E-state index < -0.39 is 0 Å². The highest BCUT2D eigenvalue weighted by atomic mass is 15.3. The van der Waals surface area contributed by atoms with Crippen molar-refractivity contribution in [1.29, 1.82) is 10.5 Å². The fraction of sp³-hybridized carbons (Fsp3) is 0.238. The second kappa shape index (κ2) is 8.15. The molecule has 1 aliphatic heterocycles. The largest absolute Gasteiger partial charge is 0.369 e. The second-order valence-electron chi connectivity index (χ2n) is 6.12. The standard InChI is InChI=1S/C21H20N4/c22-15-20(16-23)14-18-6-8-21(9-7-18)25-12-10-24(11-13-25)17-19-4-2-1-3-5-19/h1-9,14H,10-13,17H2. The van der Waals surface area contributed by atoms with Crippen LogP contribution in [0, 0.1) is 22.7 Å². The van der Waals surface area contributed by atoms with Gasteiger partial charge in [0.2, 0.25) is 0 Å². The van der Waals surface area contributed by atoms with E-state index in [1.807, 2.05) is 24.3 Å². The zero-order chi connectivity index (χ0) is 17.5. The molecule has 0 aliphatic carbocycles. The highest BCUT2D eigenvalue weighted by molar-refractivity contribution is 5.64. The summed E-state index contributed by atoms with van der Waals surface area (Å²) in [7, 11) is 0. The van der Waals surface area contributed by atoms with Crippen molar-refractivity contribution in [3.05, 3.63) is 71.3 Å². The van der Waals surface area contributed by atoms with Crippen LogP contribution in [0.15, 0.2) is 60.2 Å².